The predicted molar refractivity (Wildman–Crippen MR) is 99.2 cm³/mol. The minimum Gasteiger partial charge on any atom is -0.436 e. The van der Waals surface area contributed by atoms with Crippen LogP contribution in [0, 0.1) is 0 Å². The summed E-state index contributed by atoms with van der Waals surface area (Å²) in [4.78, 5) is 17.0. The highest BCUT2D eigenvalue weighted by Gasteiger charge is 2.18. The molecule has 128 valence electrons. The number of oxazole rings is 1. The first-order chi connectivity index (χ1) is 12.2. The van der Waals surface area contributed by atoms with Gasteiger partial charge in [-0.15, -0.1) is 0 Å². The van der Waals surface area contributed by atoms with Crippen molar-refractivity contribution in [3.05, 3.63) is 66.4 Å². The molecule has 0 aliphatic carbocycles. The van der Waals surface area contributed by atoms with Crippen molar-refractivity contribution in [2.45, 2.75) is 32.7 Å². The van der Waals surface area contributed by atoms with Gasteiger partial charge in [0, 0.05) is 17.2 Å². The summed E-state index contributed by atoms with van der Waals surface area (Å²) < 4.78 is 5.91. The van der Waals surface area contributed by atoms with Crippen molar-refractivity contribution in [3.8, 4) is 22.8 Å². The molecule has 4 nitrogen and oxygen atoms in total. The molecule has 0 aliphatic rings. The van der Waals surface area contributed by atoms with Gasteiger partial charge >= 0.3 is 0 Å². The molecule has 4 heteroatoms. The standard InChI is InChI=1S/C21H22N2O2/c1-3-9-15(2)23-20(24)17-12-7-8-13-18(17)21-22-14-19(25-21)16-10-5-4-6-11-16/h4-8,10-15H,3,9H2,1-2H3,(H,23,24)/t15-/m0/s1. The fraction of sp³-hybridized carbons (Fsp3) is 0.238. The molecule has 25 heavy (non-hydrogen) atoms. The van der Waals surface area contributed by atoms with E-state index < -0.39 is 0 Å². The minimum atomic E-state index is -0.101. The molecular formula is C21H22N2O2. The first kappa shape index (κ1) is 17.0. The maximum absolute atomic E-state index is 12.6. The van der Waals surface area contributed by atoms with Gasteiger partial charge in [0.1, 0.15) is 0 Å². The van der Waals surface area contributed by atoms with Crippen LogP contribution in [0.4, 0.5) is 0 Å². The summed E-state index contributed by atoms with van der Waals surface area (Å²) in [6, 6.07) is 17.3. The lowest BCUT2D eigenvalue weighted by atomic mass is 10.1. The highest BCUT2D eigenvalue weighted by atomic mass is 16.4. The number of aromatic nitrogens is 1. The molecule has 0 saturated carbocycles. The maximum atomic E-state index is 12.6. The van der Waals surface area contributed by atoms with Gasteiger partial charge in [-0.05, 0) is 25.5 Å². The number of carbonyl (C=O) groups excluding carboxylic acids is 1. The largest absolute Gasteiger partial charge is 0.436 e. The van der Waals surface area contributed by atoms with Crippen LogP contribution in [0.2, 0.25) is 0 Å². The summed E-state index contributed by atoms with van der Waals surface area (Å²) in [6.07, 6.45) is 3.67. The van der Waals surface area contributed by atoms with Gasteiger partial charge in [0.2, 0.25) is 5.89 Å². The SMILES string of the molecule is CCC[C@H](C)NC(=O)c1ccccc1-c1ncc(-c2ccccc2)o1. The van der Waals surface area contributed by atoms with Gasteiger partial charge in [-0.2, -0.15) is 0 Å². The number of hydrogen-bond acceptors (Lipinski definition) is 3. The van der Waals surface area contributed by atoms with Crippen molar-refractivity contribution in [1.29, 1.82) is 0 Å². The fourth-order valence-corrected chi connectivity index (χ4v) is 2.81. The monoisotopic (exact) mass is 334 g/mol. The molecule has 3 aromatic rings. The van der Waals surface area contributed by atoms with Gasteiger partial charge < -0.3 is 9.73 Å². The van der Waals surface area contributed by atoms with Gasteiger partial charge in [-0.3, -0.25) is 4.79 Å². The smallest absolute Gasteiger partial charge is 0.252 e. The first-order valence-electron chi connectivity index (χ1n) is 8.60. The van der Waals surface area contributed by atoms with Gasteiger partial charge in [-0.1, -0.05) is 55.8 Å². The molecule has 0 bridgehead atoms. The van der Waals surface area contributed by atoms with E-state index >= 15 is 0 Å². The van der Waals surface area contributed by atoms with Crippen LogP contribution in [0.15, 0.2) is 65.2 Å². The Kier molecular flexibility index (Phi) is 5.29. The van der Waals surface area contributed by atoms with Crippen LogP contribution in [0.5, 0.6) is 0 Å². The zero-order chi connectivity index (χ0) is 17.6. The molecule has 0 aliphatic heterocycles. The molecule has 1 amide bonds. The number of rotatable bonds is 6. The normalized spacial score (nSPS) is 11.9. The van der Waals surface area contributed by atoms with E-state index in [0.29, 0.717) is 22.8 Å². The predicted octanol–water partition coefficient (Wildman–Crippen LogP) is 4.93. The average molecular weight is 334 g/mol. The van der Waals surface area contributed by atoms with Crippen molar-refractivity contribution < 1.29 is 9.21 Å². The quantitative estimate of drug-likeness (QED) is 0.695. The third-order valence-electron chi connectivity index (χ3n) is 4.07. The molecule has 3 rings (SSSR count). The topological polar surface area (TPSA) is 55.1 Å². The van der Waals surface area contributed by atoms with E-state index in [0.717, 1.165) is 18.4 Å². The lowest BCUT2D eigenvalue weighted by Crippen LogP contribution is -2.32. The Hall–Kier alpha value is -2.88. The van der Waals surface area contributed by atoms with Crippen LogP contribution < -0.4 is 5.32 Å². The zero-order valence-corrected chi connectivity index (χ0v) is 14.5. The fourth-order valence-electron chi connectivity index (χ4n) is 2.81. The Labute approximate surface area is 147 Å². The van der Waals surface area contributed by atoms with E-state index in [1.54, 1.807) is 12.3 Å². The minimum absolute atomic E-state index is 0.101. The Morgan fingerprint density at radius 2 is 1.84 bits per heavy atom. The molecule has 0 unspecified atom stereocenters. The maximum Gasteiger partial charge on any atom is 0.252 e. The summed E-state index contributed by atoms with van der Waals surface area (Å²) in [5, 5.41) is 3.04. The van der Waals surface area contributed by atoms with E-state index in [1.165, 1.54) is 0 Å². The molecule has 1 N–H and O–H groups in total. The lowest BCUT2D eigenvalue weighted by Gasteiger charge is -2.14. The molecule has 2 aromatic carbocycles. The molecule has 0 saturated heterocycles. The summed E-state index contributed by atoms with van der Waals surface area (Å²) in [7, 11) is 0. The van der Waals surface area contributed by atoms with E-state index in [4.69, 9.17) is 4.42 Å². The Morgan fingerprint density at radius 3 is 2.60 bits per heavy atom. The Balaban J connectivity index is 1.89. The van der Waals surface area contributed by atoms with E-state index in [9.17, 15) is 4.79 Å². The third kappa shape index (κ3) is 3.97. The number of benzene rings is 2. The number of nitrogens with zero attached hydrogens (tertiary/aromatic N) is 1. The van der Waals surface area contributed by atoms with E-state index in [-0.39, 0.29) is 11.9 Å². The molecule has 0 fully saturated rings. The van der Waals surface area contributed by atoms with Gasteiger partial charge in [-0.25, -0.2) is 4.98 Å². The lowest BCUT2D eigenvalue weighted by molar-refractivity contribution is 0.0938. The number of nitrogens with one attached hydrogen (secondary N) is 1. The summed E-state index contributed by atoms with van der Waals surface area (Å²) in [6.45, 7) is 4.12. The molecule has 0 radical (unpaired) electrons. The van der Waals surface area contributed by atoms with Crippen molar-refractivity contribution in [2.75, 3.05) is 0 Å². The third-order valence-corrected chi connectivity index (χ3v) is 4.07. The number of amides is 1. The number of carbonyl (C=O) groups is 1. The van der Waals surface area contributed by atoms with E-state index in [2.05, 4.69) is 17.2 Å². The van der Waals surface area contributed by atoms with Crippen LogP contribution in [-0.4, -0.2) is 16.9 Å². The molecule has 1 heterocycles. The van der Waals surface area contributed by atoms with Crippen LogP contribution in [0.25, 0.3) is 22.8 Å². The summed E-state index contributed by atoms with van der Waals surface area (Å²) >= 11 is 0. The van der Waals surface area contributed by atoms with Crippen LogP contribution in [0.3, 0.4) is 0 Å². The second-order valence-electron chi connectivity index (χ2n) is 6.10. The van der Waals surface area contributed by atoms with Crippen LogP contribution >= 0.6 is 0 Å². The second-order valence-corrected chi connectivity index (χ2v) is 6.10. The van der Waals surface area contributed by atoms with Crippen molar-refractivity contribution >= 4 is 5.91 Å². The molecule has 1 atom stereocenters. The second kappa shape index (κ2) is 7.79. The van der Waals surface area contributed by atoms with Crippen molar-refractivity contribution in [2.24, 2.45) is 0 Å². The molecular weight excluding hydrogens is 312 g/mol. The van der Waals surface area contributed by atoms with Gasteiger partial charge in [0.05, 0.1) is 11.8 Å². The highest BCUT2D eigenvalue weighted by molar-refractivity contribution is 6.00. The van der Waals surface area contributed by atoms with Gasteiger partial charge in [0.25, 0.3) is 5.91 Å². The van der Waals surface area contributed by atoms with Crippen molar-refractivity contribution in [3.63, 3.8) is 0 Å². The average Bonchev–Trinajstić information content (AvgIpc) is 3.12. The van der Waals surface area contributed by atoms with Gasteiger partial charge in [0.15, 0.2) is 5.76 Å². The number of hydrogen-bond donors (Lipinski definition) is 1. The summed E-state index contributed by atoms with van der Waals surface area (Å²) in [5.41, 5.74) is 2.23. The Morgan fingerprint density at radius 1 is 1.12 bits per heavy atom. The Bertz CT molecular complexity index is 840. The van der Waals surface area contributed by atoms with Crippen LogP contribution in [0.1, 0.15) is 37.0 Å². The zero-order valence-electron chi connectivity index (χ0n) is 14.5. The molecule has 0 spiro atoms. The van der Waals surface area contributed by atoms with Crippen molar-refractivity contribution in [1.82, 2.24) is 10.3 Å². The summed E-state index contributed by atoms with van der Waals surface area (Å²) in [5.74, 6) is 1.04. The van der Waals surface area contributed by atoms with E-state index in [1.807, 2.05) is 55.5 Å². The molecule has 1 aromatic heterocycles. The van der Waals surface area contributed by atoms with Crippen LogP contribution in [-0.2, 0) is 0 Å². The highest BCUT2D eigenvalue weighted by Crippen LogP contribution is 2.28. The first-order valence-corrected chi connectivity index (χ1v) is 8.60.